The number of amides is 3. The fourth-order valence-electron chi connectivity index (χ4n) is 2.92. The second-order valence-electron chi connectivity index (χ2n) is 6.54. The topological polar surface area (TPSA) is 101 Å². The molecule has 3 rings (SSSR count). The van der Waals surface area contributed by atoms with E-state index < -0.39 is 17.7 Å². The van der Waals surface area contributed by atoms with Crippen LogP contribution in [0.3, 0.4) is 0 Å². The van der Waals surface area contributed by atoms with E-state index in [2.05, 4.69) is 16.1 Å². The van der Waals surface area contributed by atoms with Gasteiger partial charge in [-0.25, -0.2) is 4.68 Å². The molecule has 0 radical (unpaired) electrons. The van der Waals surface area contributed by atoms with Crippen molar-refractivity contribution in [2.75, 3.05) is 24.4 Å². The van der Waals surface area contributed by atoms with Crippen molar-refractivity contribution in [2.45, 2.75) is 13.3 Å². The van der Waals surface area contributed by atoms with Gasteiger partial charge in [-0.2, -0.15) is 0 Å². The van der Waals surface area contributed by atoms with Crippen molar-refractivity contribution in [3.8, 4) is 5.75 Å². The largest absolute Gasteiger partial charge is 0.494 e. The molecule has 3 aromatic rings. The molecule has 2 aromatic carbocycles. The molecule has 0 bridgehead atoms. The number of ether oxygens (including phenoxy) is 1. The summed E-state index contributed by atoms with van der Waals surface area (Å²) in [5.41, 5.74) is 3.41. The first-order valence-corrected chi connectivity index (χ1v) is 10.1. The van der Waals surface area contributed by atoms with Gasteiger partial charge < -0.3 is 15.4 Å². The minimum atomic E-state index is -0.916. The number of rotatable bonds is 6. The summed E-state index contributed by atoms with van der Waals surface area (Å²) in [5, 5.41) is 6.47. The molecular weight excluding hydrogens is 443 g/mol. The zero-order chi connectivity index (χ0) is 22.5. The Morgan fingerprint density at radius 2 is 1.81 bits per heavy atom. The number of halogens is 2. The summed E-state index contributed by atoms with van der Waals surface area (Å²) < 4.78 is 6.61. The lowest BCUT2D eigenvalue weighted by Gasteiger charge is -2.14. The average molecular weight is 463 g/mol. The van der Waals surface area contributed by atoms with E-state index in [9.17, 15) is 14.4 Å². The van der Waals surface area contributed by atoms with E-state index >= 15 is 0 Å². The zero-order valence-electron chi connectivity index (χ0n) is 16.8. The first kappa shape index (κ1) is 22.5. The normalized spacial score (nSPS) is 10.6. The van der Waals surface area contributed by atoms with E-state index in [0.717, 1.165) is 0 Å². The molecule has 1 aromatic heterocycles. The van der Waals surface area contributed by atoms with Gasteiger partial charge in [-0.05, 0) is 36.8 Å². The molecule has 0 unspecified atom stereocenters. The number of nitrogens with one attached hydrogen (secondary N) is 3. The summed E-state index contributed by atoms with van der Waals surface area (Å²) in [6.07, 6.45) is 0.677. The lowest BCUT2D eigenvalue weighted by atomic mass is 10.2. The lowest BCUT2D eigenvalue weighted by molar-refractivity contribution is -0.136. The van der Waals surface area contributed by atoms with Crippen molar-refractivity contribution >= 4 is 57.5 Å². The maximum atomic E-state index is 13.0. The Bertz CT molecular complexity index is 1160. The summed E-state index contributed by atoms with van der Waals surface area (Å²) >= 11 is 11.9. The summed E-state index contributed by atoms with van der Waals surface area (Å²) in [4.78, 5) is 37.5. The fraction of sp³-hybridized carbons (Fsp3) is 0.190. The Kier molecular flexibility index (Phi) is 7.04. The van der Waals surface area contributed by atoms with Crippen LogP contribution >= 0.6 is 23.2 Å². The van der Waals surface area contributed by atoms with Gasteiger partial charge in [0.1, 0.15) is 17.0 Å². The van der Waals surface area contributed by atoms with Crippen molar-refractivity contribution < 1.29 is 19.1 Å². The number of aromatic nitrogens is 1. The number of carbonyl (C=O) groups is 3. The van der Waals surface area contributed by atoms with Crippen LogP contribution in [-0.4, -0.2) is 36.1 Å². The smallest absolute Gasteiger partial charge is 0.328 e. The molecule has 3 N–H and O–H groups in total. The van der Waals surface area contributed by atoms with E-state index in [0.29, 0.717) is 40.3 Å². The monoisotopic (exact) mass is 462 g/mol. The molecule has 8 nitrogen and oxygen atoms in total. The number of hydrogen-bond donors (Lipinski definition) is 3. The third-order valence-corrected chi connectivity index (χ3v) is 5.11. The highest BCUT2D eigenvalue weighted by molar-refractivity contribution is 6.42. The number of para-hydroxylation sites is 1. The van der Waals surface area contributed by atoms with Gasteiger partial charge in [-0.1, -0.05) is 42.3 Å². The summed E-state index contributed by atoms with van der Waals surface area (Å²) in [6, 6.07) is 11.4. The van der Waals surface area contributed by atoms with Crippen molar-refractivity contribution in [1.29, 1.82) is 0 Å². The van der Waals surface area contributed by atoms with Crippen LogP contribution in [0.5, 0.6) is 5.75 Å². The van der Waals surface area contributed by atoms with Gasteiger partial charge >= 0.3 is 11.8 Å². The van der Waals surface area contributed by atoms with Crippen LogP contribution in [0.2, 0.25) is 10.0 Å². The molecule has 10 heteroatoms. The van der Waals surface area contributed by atoms with Crippen molar-refractivity contribution in [2.24, 2.45) is 0 Å². The van der Waals surface area contributed by atoms with E-state index in [4.69, 9.17) is 27.9 Å². The predicted octanol–water partition coefficient (Wildman–Crippen LogP) is 3.81. The quantitative estimate of drug-likeness (QED) is 0.484. The Morgan fingerprint density at radius 3 is 2.48 bits per heavy atom. The molecular formula is C21H20Cl2N4O4. The van der Waals surface area contributed by atoms with Gasteiger partial charge in [0.15, 0.2) is 0 Å². The van der Waals surface area contributed by atoms with Crippen molar-refractivity contribution in [3.05, 3.63) is 58.2 Å². The van der Waals surface area contributed by atoms with Gasteiger partial charge in [0.25, 0.3) is 5.91 Å². The van der Waals surface area contributed by atoms with E-state index in [-0.39, 0.29) is 10.7 Å². The van der Waals surface area contributed by atoms with E-state index in [1.54, 1.807) is 36.4 Å². The molecule has 31 heavy (non-hydrogen) atoms. The van der Waals surface area contributed by atoms with Crippen LogP contribution in [0.15, 0.2) is 42.5 Å². The van der Waals surface area contributed by atoms with Crippen LogP contribution < -0.4 is 20.8 Å². The number of carbonyl (C=O) groups excluding carboxylic acids is 3. The summed E-state index contributed by atoms with van der Waals surface area (Å²) in [6.45, 7) is 2.22. The van der Waals surface area contributed by atoms with Crippen LogP contribution in [0, 0.1) is 0 Å². The van der Waals surface area contributed by atoms with Gasteiger partial charge in [0.05, 0.1) is 17.2 Å². The van der Waals surface area contributed by atoms with Crippen molar-refractivity contribution in [1.82, 2.24) is 9.99 Å². The van der Waals surface area contributed by atoms with E-state index in [1.165, 1.54) is 17.9 Å². The van der Waals surface area contributed by atoms with Crippen LogP contribution in [0.25, 0.3) is 10.9 Å². The summed E-state index contributed by atoms with van der Waals surface area (Å²) in [5.74, 6) is -1.85. The van der Waals surface area contributed by atoms with Gasteiger partial charge in [0, 0.05) is 17.6 Å². The minimum absolute atomic E-state index is 0.0854. The molecule has 3 amide bonds. The second kappa shape index (κ2) is 9.72. The highest BCUT2D eigenvalue weighted by Gasteiger charge is 2.22. The molecule has 0 aliphatic carbocycles. The molecule has 0 saturated carbocycles. The van der Waals surface area contributed by atoms with Gasteiger partial charge in [-0.3, -0.25) is 19.8 Å². The number of methoxy groups -OCH3 is 1. The molecule has 0 spiro atoms. The highest BCUT2D eigenvalue weighted by Crippen LogP contribution is 2.29. The van der Waals surface area contributed by atoms with Gasteiger partial charge in [0.2, 0.25) is 0 Å². The first-order chi connectivity index (χ1) is 14.8. The Balaban J connectivity index is 2.00. The molecule has 0 saturated heterocycles. The Labute approximate surface area is 188 Å². The standard InChI is InChI=1S/C21H20Cl2N4O4/c1-3-9-24-20(29)21(30)26-27-16(10-12-5-4-6-17(31-2)18(12)27)19(28)25-13-7-8-14(22)15(23)11-13/h4-8,10-11H,3,9H2,1-2H3,(H,24,29)(H,25,28)(H,26,30). The highest BCUT2D eigenvalue weighted by atomic mass is 35.5. The molecule has 162 valence electrons. The predicted molar refractivity (Wildman–Crippen MR) is 121 cm³/mol. The molecule has 0 aliphatic rings. The number of hydrogen-bond acceptors (Lipinski definition) is 4. The number of nitrogens with zero attached hydrogens (tertiary/aromatic N) is 1. The SMILES string of the molecule is CCCNC(=O)C(=O)Nn1c(C(=O)Nc2ccc(Cl)c(Cl)c2)cc2cccc(OC)c21. The number of fused-ring (bicyclic) bond motifs is 1. The van der Waals surface area contributed by atoms with Gasteiger partial charge in [-0.15, -0.1) is 0 Å². The molecule has 1 heterocycles. The molecule has 0 aliphatic heterocycles. The fourth-order valence-corrected chi connectivity index (χ4v) is 3.21. The zero-order valence-corrected chi connectivity index (χ0v) is 18.3. The van der Waals surface area contributed by atoms with E-state index in [1.807, 2.05) is 6.92 Å². The molecule has 0 fully saturated rings. The Hall–Kier alpha value is -3.23. The second-order valence-corrected chi connectivity index (χ2v) is 7.36. The third-order valence-electron chi connectivity index (χ3n) is 4.37. The third kappa shape index (κ3) is 4.92. The maximum Gasteiger partial charge on any atom is 0.328 e. The summed E-state index contributed by atoms with van der Waals surface area (Å²) in [7, 11) is 1.47. The first-order valence-electron chi connectivity index (χ1n) is 9.39. The maximum absolute atomic E-state index is 13.0. The van der Waals surface area contributed by atoms with Crippen LogP contribution in [-0.2, 0) is 9.59 Å². The number of anilines is 1. The average Bonchev–Trinajstić information content (AvgIpc) is 3.13. The minimum Gasteiger partial charge on any atom is -0.494 e. The van der Waals surface area contributed by atoms with Crippen molar-refractivity contribution in [3.63, 3.8) is 0 Å². The Morgan fingerprint density at radius 1 is 1.03 bits per heavy atom. The van der Waals surface area contributed by atoms with Crippen LogP contribution in [0.4, 0.5) is 5.69 Å². The van der Waals surface area contributed by atoms with Crippen LogP contribution in [0.1, 0.15) is 23.8 Å². The lowest BCUT2D eigenvalue weighted by Crippen LogP contribution is -2.40. The number of benzene rings is 2. The molecule has 0 atom stereocenters.